The number of ketones is 1. The second kappa shape index (κ2) is 8.66. The van der Waals surface area contributed by atoms with Crippen LogP contribution in [0.2, 0.25) is 0 Å². The largest absolute Gasteiger partial charge is 0.462 e. The summed E-state index contributed by atoms with van der Waals surface area (Å²) in [4.78, 5) is 44.4. The topological polar surface area (TPSA) is 103 Å². The summed E-state index contributed by atoms with van der Waals surface area (Å²) >= 11 is 1.47. The molecule has 30 heavy (non-hydrogen) atoms. The first-order valence-corrected chi connectivity index (χ1v) is 10.3. The van der Waals surface area contributed by atoms with E-state index in [0.29, 0.717) is 22.4 Å². The maximum atomic E-state index is 12.7. The van der Waals surface area contributed by atoms with E-state index < -0.39 is 18.5 Å². The summed E-state index contributed by atoms with van der Waals surface area (Å²) in [6.07, 6.45) is 1.70. The molecule has 3 heterocycles. The van der Waals surface area contributed by atoms with Gasteiger partial charge in [0.15, 0.2) is 11.7 Å². The fraction of sp³-hybridized carbons (Fsp3) is 0.333. The molecule has 0 aliphatic carbocycles. The van der Waals surface area contributed by atoms with E-state index in [1.807, 2.05) is 23.8 Å². The van der Waals surface area contributed by atoms with E-state index in [-0.39, 0.29) is 18.1 Å². The maximum Gasteiger partial charge on any atom is 0.355 e. The molecule has 0 saturated heterocycles. The summed E-state index contributed by atoms with van der Waals surface area (Å²) in [5.41, 5.74) is 3.47. The average molecular weight is 429 g/mol. The molecule has 3 aromatic heterocycles. The van der Waals surface area contributed by atoms with Gasteiger partial charge in [0.1, 0.15) is 5.69 Å². The number of nitrogens with one attached hydrogen (secondary N) is 1. The van der Waals surface area contributed by atoms with Crippen molar-refractivity contribution in [3.05, 3.63) is 57.1 Å². The van der Waals surface area contributed by atoms with Gasteiger partial charge in [0.25, 0.3) is 0 Å². The van der Waals surface area contributed by atoms with Crippen molar-refractivity contribution in [1.82, 2.24) is 14.5 Å². The number of esters is 2. The summed E-state index contributed by atoms with van der Waals surface area (Å²) in [5.74, 6) is -1.52. The number of aryl methyl sites for hydroxylation is 2. The molecule has 3 rings (SSSR count). The third kappa shape index (κ3) is 3.93. The zero-order chi connectivity index (χ0) is 22.0. The van der Waals surface area contributed by atoms with E-state index in [1.54, 1.807) is 33.0 Å². The Morgan fingerprint density at radius 2 is 1.87 bits per heavy atom. The first-order chi connectivity index (χ1) is 14.3. The number of thiazole rings is 1. The van der Waals surface area contributed by atoms with Crippen LogP contribution in [0, 0.1) is 27.7 Å². The van der Waals surface area contributed by atoms with Crippen molar-refractivity contribution >= 4 is 29.1 Å². The SMILES string of the molecule is CCOC(=O)c1c(C)[nH]c(C(=O)OCC(=O)c2cc(C)n(-c3nccs3)c2C)c1C. The van der Waals surface area contributed by atoms with E-state index in [0.717, 1.165) is 16.5 Å². The Kier molecular flexibility index (Phi) is 6.21. The van der Waals surface area contributed by atoms with Gasteiger partial charge >= 0.3 is 11.9 Å². The summed E-state index contributed by atoms with van der Waals surface area (Å²) in [5, 5.41) is 2.63. The van der Waals surface area contributed by atoms with E-state index >= 15 is 0 Å². The van der Waals surface area contributed by atoms with Gasteiger partial charge in [-0.25, -0.2) is 14.6 Å². The number of rotatable bonds is 7. The van der Waals surface area contributed by atoms with E-state index in [9.17, 15) is 14.4 Å². The third-order valence-electron chi connectivity index (χ3n) is 4.80. The average Bonchev–Trinajstić information content (AvgIpc) is 3.38. The van der Waals surface area contributed by atoms with Gasteiger partial charge in [0.2, 0.25) is 5.78 Å². The number of aromatic amines is 1. The number of ether oxygens (including phenoxy) is 2. The van der Waals surface area contributed by atoms with Gasteiger partial charge in [-0.2, -0.15) is 0 Å². The molecule has 0 aliphatic rings. The van der Waals surface area contributed by atoms with Crippen LogP contribution in [0.1, 0.15) is 60.8 Å². The molecule has 8 nitrogen and oxygen atoms in total. The highest BCUT2D eigenvalue weighted by Crippen LogP contribution is 2.23. The molecule has 0 saturated carbocycles. The molecule has 1 N–H and O–H groups in total. The molecular weight excluding hydrogens is 406 g/mol. The second-order valence-corrected chi connectivity index (χ2v) is 7.65. The van der Waals surface area contributed by atoms with Gasteiger partial charge in [0, 0.05) is 34.2 Å². The van der Waals surface area contributed by atoms with Gasteiger partial charge < -0.3 is 14.5 Å². The Balaban J connectivity index is 1.75. The Hall–Kier alpha value is -3.20. The summed E-state index contributed by atoms with van der Waals surface area (Å²) in [6, 6.07) is 1.76. The van der Waals surface area contributed by atoms with Gasteiger partial charge in [-0.3, -0.25) is 9.36 Å². The van der Waals surface area contributed by atoms with Crippen molar-refractivity contribution in [3.8, 4) is 5.13 Å². The first kappa shape index (κ1) is 21.5. The van der Waals surface area contributed by atoms with E-state index in [4.69, 9.17) is 9.47 Å². The molecule has 0 amide bonds. The monoisotopic (exact) mass is 429 g/mol. The molecule has 158 valence electrons. The number of H-pyrrole nitrogens is 1. The molecule has 0 fully saturated rings. The number of carbonyl (C=O) groups excluding carboxylic acids is 3. The van der Waals surface area contributed by atoms with Crippen LogP contribution in [0.5, 0.6) is 0 Å². The Labute approximate surface area is 177 Å². The van der Waals surface area contributed by atoms with Crippen LogP contribution in [0.4, 0.5) is 0 Å². The quantitative estimate of drug-likeness (QED) is 0.454. The standard InChI is InChI=1S/C21H23N3O5S/c1-6-28-19(26)17-12(3)18(23-13(17)4)20(27)29-10-16(25)15-9-11(2)24(14(15)5)21-22-7-8-30-21/h7-9,23H,6,10H2,1-5H3. The van der Waals surface area contributed by atoms with Crippen molar-refractivity contribution in [3.63, 3.8) is 0 Å². The Morgan fingerprint density at radius 3 is 2.50 bits per heavy atom. The molecule has 0 aliphatic heterocycles. The fourth-order valence-electron chi connectivity index (χ4n) is 3.41. The lowest BCUT2D eigenvalue weighted by Crippen LogP contribution is -2.16. The number of carbonyl (C=O) groups is 3. The lowest BCUT2D eigenvalue weighted by atomic mass is 10.1. The zero-order valence-corrected chi connectivity index (χ0v) is 18.3. The van der Waals surface area contributed by atoms with E-state index in [1.165, 1.54) is 11.3 Å². The Bertz CT molecular complexity index is 1110. The zero-order valence-electron chi connectivity index (χ0n) is 17.5. The second-order valence-electron chi connectivity index (χ2n) is 6.78. The molecule has 0 spiro atoms. The van der Waals surface area contributed by atoms with Gasteiger partial charge in [0.05, 0.1) is 12.2 Å². The highest BCUT2D eigenvalue weighted by molar-refractivity contribution is 7.12. The minimum atomic E-state index is -0.701. The minimum Gasteiger partial charge on any atom is -0.462 e. The van der Waals surface area contributed by atoms with Crippen molar-refractivity contribution in [2.75, 3.05) is 13.2 Å². The molecule has 0 aromatic carbocycles. The highest BCUT2D eigenvalue weighted by atomic mass is 32.1. The summed E-state index contributed by atoms with van der Waals surface area (Å²) in [7, 11) is 0. The van der Waals surface area contributed by atoms with Crippen LogP contribution in [-0.4, -0.2) is 45.5 Å². The van der Waals surface area contributed by atoms with Crippen molar-refractivity contribution in [1.29, 1.82) is 0 Å². The predicted octanol–water partition coefficient (Wildman–Crippen LogP) is 3.71. The molecule has 0 bridgehead atoms. The number of Topliss-reactive ketones (excluding diaryl/α,β-unsaturated/α-hetero) is 1. The number of nitrogens with zero attached hydrogens (tertiary/aromatic N) is 2. The summed E-state index contributed by atoms with van der Waals surface area (Å²) < 4.78 is 12.2. The van der Waals surface area contributed by atoms with E-state index in [2.05, 4.69) is 9.97 Å². The van der Waals surface area contributed by atoms with Crippen molar-refractivity contribution in [2.45, 2.75) is 34.6 Å². The van der Waals surface area contributed by atoms with Crippen LogP contribution in [0.25, 0.3) is 5.13 Å². The van der Waals surface area contributed by atoms with Crippen LogP contribution < -0.4 is 0 Å². The number of hydrogen-bond donors (Lipinski definition) is 1. The maximum absolute atomic E-state index is 12.7. The van der Waals surface area contributed by atoms with Crippen LogP contribution in [-0.2, 0) is 9.47 Å². The predicted molar refractivity (Wildman–Crippen MR) is 112 cm³/mol. The smallest absolute Gasteiger partial charge is 0.355 e. The van der Waals surface area contributed by atoms with Crippen LogP contribution in [0.3, 0.4) is 0 Å². The lowest BCUT2D eigenvalue weighted by Gasteiger charge is -2.06. The molecule has 0 unspecified atom stereocenters. The van der Waals surface area contributed by atoms with Crippen molar-refractivity contribution in [2.24, 2.45) is 0 Å². The molecule has 0 radical (unpaired) electrons. The normalized spacial score (nSPS) is 10.8. The number of aromatic nitrogens is 3. The van der Waals surface area contributed by atoms with Gasteiger partial charge in [-0.05, 0) is 46.2 Å². The minimum absolute atomic E-state index is 0.136. The third-order valence-corrected chi connectivity index (χ3v) is 5.55. The van der Waals surface area contributed by atoms with Crippen LogP contribution in [0.15, 0.2) is 17.6 Å². The van der Waals surface area contributed by atoms with Crippen molar-refractivity contribution < 1.29 is 23.9 Å². The molecular formula is C21H23N3O5S. The van der Waals surface area contributed by atoms with Gasteiger partial charge in [-0.1, -0.05) is 0 Å². The Morgan fingerprint density at radius 1 is 1.13 bits per heavy atom. The molecule has 0 atom stereocenters. The number of hydrogen-bond acceptors (Lipinski definition) is 7. The van der Waals surface area contributed by atoms with Gasteiger partial charge in [-0.15, -0.1) is 11.3 Å². The summed E-state index contributed by atoms with van der Waals surface area (Å²) in [6.45, 7) is 8.56. The lowest BCUT2D eigenvalue weighted by molar-refractivity contribution is 0.0468. The highest BCUT2D eigenvalue weighted by Gasteiger charge is 2.25. The fourth-order valence-corrected chi connectivity index (χ4v) is 4.16. The molecule has 9 heteroatoms. The molecule has 3 aromatic rings. The first-order valence-electron chi connectivity index (χ1n) is 9.41. The van der Waals surface area contributed by atoms with Crippen LogP contribution >= 0.6 is 11.3 Å².